The highest BCUT2D eigenvalue weighted by Crippen LogP contribution is 2.25. The van der Waals surface area contributed by atoms with Gasteiger partial charge in [-0.05, 0) is 23.2 Å². The van der Waals surface area contributed by atoms with Gasteiger partial charge in [0.25, 0.3) is 0 Å². The zero-order chi connectivity index (χ0) is 20.4. The smallest absolute Gasteiger partial charge is 0.381 e. The van der Waals surface area contributed by atoms with Gasteiger partial charge < -0.3 is 8.85 Å². The zero-order valence-corrected chi connectivity index (χ0v) is 19.1. The van der Waals surface area contributed by atoms with Crippen LogP contribution in [-0.2, 0) is 8.85 Å². The molecule has 0 unspecified atom stereocenters. The largest absolute Gasteiger partial charge is 0.408 e. The molecule has 2 nitrogen and oxygen atoms in total. The Balaban J connectivity index is 1.97. The molecule has 0 bridgehead atoms. The summed E-state index contributed by atoms with van der Waals surface area (Å²) in [6.45, 7) is 4.51. The summed E-state index contributed by atoms with van der Waals surface area (Å²) in [5, 5.41) is 2.41. The van der Waals surface area contributed by atoms with Gasteiger partial charge in [0.05, 0.1) is 12.2 Å². The second-order valence-electron chi connectivity index (χ2n) is 8.04. The van der Waals surface area contributed by atoms with E-state index in [2.05, 4.69) is 86.7 Å². The van der Waals surface area contributed by atoms with E-state index in [1.54, 1.807) is 0 Å². The van der Waals surface area contributed by atoms with Crippen LogP contribution >= 0.6 is 0 Å². The second kappa shape index (κ2) is 11.5. The Morgan fingerprint density at radius 3 is 1.41 bits per heavy atom. The fraction of sp³-hybridized carbons (Fsp3) is 0.462. The predicted octanol–water partition coefficient (Wildman–Crippen LogP) is 5.74. The molecule has 2 atom stereocenters. The van der Waals surface area contributed by atoms with Crippen molar-refractivity contribution in [2.24, 2.45) is 0 Å². The minimum atomic E-state index is -2.79. The van der Waals surface area contributed by atoms with E-state index in [1.165, 1.54) is 48.9 Å². The van der Waals surface area contributed by atoms with E-state index < -0.39 is 8.56 Å². The summed E-state index contributed by atoms with van der Waals surface area (Å²) in [6, 6.07) is 21.3. The molecule has 0 saturated heterocycles. The minimum absolute atomic E-state index is 0.116. The van der Waals surface area contributed by atoms with Crippen LogP contribution in [0.3, 0.4) is 0 Å². The molecule has 0 radical (unpaired) electrons. The lowest BCUT2D eigenvalue weighted by atomic mass is 10.1. The SMILES string of the molecule is CCCCC[C@H]1C=C[C@H](CCCCC)O[Si](c2ccccc2)(c2ccccc2)O1. The highest BCUT2D eigenvalue weighted by Gasteiger charge is 2.46. The highest BCUT2D eigenvalue weighted by atomic mass is 28.4. The Kier molecular flexibility index (Phi) is 8.72. The minimum Gasteiger partial charge on any atom is -0.381 e. The van der Waals surface area contributed by atoms with Gasteiger partial charge in [-0.2, -0.15) is 0 Å². The first-order valence-corrected chi connectivity index (χ1v) is 13.2. The molecule has 0 spiro atoms. The van der Waals surface area contributed by atoms with Gasteiger partial charge in [0.1, 0.15) is 0 Å². The lowest BCUT2D eigenvalue weighted by molar-refractivity contribution is 0.135. The Bertz CT molecular complexity index is 665. The third kappa shape index (κ3) is 5.91. The number of hydrogen-bond acceptors (Lipinski definition) is 2. The van der Waals surface area contributed by atoms with E-state index in [-0.39, 0.29) is 12.2 Å². The van der Waals surface area contributed by atoms with Crippen molar-refractivity contribution in [3.8, 4) is 0 Å². The summed E-state index contributed by atoms with van der Waals surface area (Å²) >= 11 is 0. The Morgan fingerprint density at radius 1 is 0.621 bits per heavy atom. The molecule has 3 heteroatoms. The molecule has 1 aliphatic heterocycles. The first-order chi connectivity index (χ1) is 14.3. The molecular formula is C26H36O2Si. The standard InChI is InChI=1S/C26H36O2Si/c1-3-5-9-15-23-21-22-24(16-10-6-4-2)28-29(27-23,25-17-11-7-12-18-25)26-19-13-8-14-20-26/h7-8,11-14,17-24H,3-6,9-10,15-16H2,1-2H3/t23-,24-/m0/s1. The third-order valence-electron chi connectivity index (χ3n) is 5.67. The van der Waals surface area contributed by atoms with Crippen LogP contribution in [0.15, 0.2) is 72.8 Å². The van der Waals surface area contributed by atoms with Crippen molar-refractivity contribution in [1.29, 1.82) is 0 Å². The maximum atomic E-state index is 6.98. The monoisotopic (exact) mass is 408 g/mol. The van der Waals surface area contributed by atoms with Gasteiger partial charge >= 0.3 is 8.56 Å². The van der Waals surface area contributed by atoms with Crippen molar-refractivity contribution in [2.45, 2.75) is 77.4 Å². The van der Waals surface area contributed by atoms with Crippen LogP contribution in [0, 0.1) is 0 Å². The molecule has 0 N–H and O–H groups in total. The molecule has 0 aliphatic carbocycles. The van der Waals surface area contributed by atoms with E-state index in [9.17, 15) is 0 Å². The number of unbranched alkanes of at least 4 members (excludes halogenated alkanes) is 4. The van der Waals surface area contributed by atoms with Crippen LogP contribution < -0.4 is 10.4 Å². The van der Waals surface area contributed by atoms with E-state index in [4.69, 9.17) is 8.85 Å². The van der Waals surface area contributed by atoms with Gasteiger partial charge in [0.2, 0.25) is 0 Å². The van der Waals surface area contributed by atoms with Gasteiger partial charge in [0, 0.05) is 0 Å². The van der Waals surface area contributed by atoms with Crippen molar-refractivity contribution in [3.63, 3.8) is 0 Å². The Hall–Kier alpha value is -1.68. The molecule has 2 aromatic carbocycles. The molecule has 0 saturated carbocycles. The molecular weight excluding hydrogens is 372 g/mol. The van der Waals surface area contributed by atoms with Crippen LogP contribution in [0.4, 0.5) is 0 Å². The highest BCUT2D eigenvalue weighted by molar-refractivity contribution is 6.92. The number of rotatable bonds is 10. The van der Waals surface area contributed by atoms with Crippen molar-refractivity contribution in [1.82, 2.24) is 0 Å². The topological polar surface area (TPSA) is 18.5 Å². The van der Waals surface area contributed by atoms with Crippen LogP contribution in [0.2, 0.25) is 0 Å². The summed E-state index contributed by atoms with van der Waals surface area (Å²) in [4.78, 5) is 0. The fourth-order valence-corrected chi connectivity index (χ4v) is 7.48. The van der Waals surface area contributed by atoms with Crippen LogP contribution in [0.25, 0.3) is 0 Å². The normalized spacial score (nSPS) is 21.0. The number of benzene rings is 2. The molecule has 1 heterocycles. The van der Waals surface area contributed by atoms with Gasteiger partial charge in [0.15, 0.2) is 0 Å². The predicted molar refractivity (Wildman–Crippen MR) is 125 cm³/mol. The molecule has 1 aliphatic rings. The second-order valence-corrected chi connectivity index (χ2v) is 10.9. The average Bonchev–Trinajstić information content (AvgIpc) is 2.96. The molecule has 0 amide bonds. The van der Waals surface area contributed by atoms with Crippen LogP contribution in [0.1, 0.15) is 65.2 Å². The van der Waals surface area contributed by atoms with E-state index in [1.807, 2.05) is 0 Å². The molecule has 3 rings (SSSR count). The number of hydrogen-bond donors (Lipinski definition) is 0. The summed E-state index contributed by atoms with van der Waals surface area (Å²) < 4.78 is 14.0. The molecule has 0 fully saturated rings. The van der Waals surface area contributed by atoms with E-state index in [0.29, 0.717) is 0 Å². The molecule has 29 heavy (non-hydrogen) atoms. The Morgan fingerprint density at radius 2 is 1.03 bits per heavy atom. The lowest BCUT2D eigenvalue weighted by Crippen LogP contribution is -2.65. The van der Waals surface area contributed by atoms with Crippen molar-refractivity contribution < 1.29 is 8.85 Å². The fourth-order valence-electron chi connectivity index (χ4n) is 4.04. The lowest BCUT2D eigenvalue weighted by Gasteiger charge is -2.35. The zero-order valence-electron chi connectivity index (χ0n) is 18.1. The van der Waals surface area contributed by atoms with Crippen LogP contribution in [-0.4, -0.2) is 20.8 Å². The summed E-state index contributed by atoms with van der Waals surface area (Å²) in [6.07, 6.45) is 14.3. The summed E-state index contributed by atoms with van der Waals surface area (Å²) in [5.41, 5.74) is 0. The molecule has 156 valence electrons. The molecule has 2 aromatic rings. The summed E-state index contributed by atoms with van der Waals surface area (Å²) in [5.74, 6) is 0. The maximum absolute atomic E-state index is 6.98. The van der Waals surface area contributed by atoms with E-state index >= 15 is 0 Å². The Labute approximate surface area is 178 Å². The maximum Gasteiger partial charge on any atom is 0.408 e. The van der Waals surface area contributed by atoms with E-state index in [0.717, 1.165) is 12.8 Å². The van der Waals surface area contributed by atoms with Crippen molar-refractivity contribution >= 4 is 18.9 Å². The first-order valence-electron chi connectivity index (χ1n) is 11.4. The third-order valence-corrected chi connectivity index (χ3v) is 9.12. The van der Waals surface area contributed by atoms with Crippen molar-refractivity contribution in [3.05, 3.63) is 72.8 Å². The van der Waals surface area contributed by atoms with Crippen LogP contribution in [0.5, 0.6) is 0 Å². The van der Waals surface area contributed by atoms with Gasteiger partial charge in [-0.1, -0.05) is 125 Å². The average molecular weight is 409 g/mol. The quantitative estimate of drug-likeness (QED) is 0.283. The van der Waals surface area contributed by atoms with Gasteiger partial charge in [-0.25, -0.2) is 0 Å². The van der Waals surface area contributed by atoms with Crippen molar-refractivity contribution in [2.75, 3.05) is 0 Å². The first kappa shape index (κ1) is 22.0. The van der Waals surface area contributed by atoms with Gasteiger partial charge in [-0.3, -0.25) is 0 Å². The molecule has 0 aromatic heterocycles. The van der Waals surface area contributed by atoms with Gasteiger partial charge in [-0.15, -0.1) is 0 Å². The summed E-state index contributed by atoms with van der Waals surface area (Å²) in [7, 11) is -2.79.